The molecular formula is C23H26BrF2N5O4. The van der Waals surface area contributed by atoms with E-state index in [2.05, 4.69) is 46.7 Å². The van der Waals surface area contributed by atoms with Gasteiger partial charge in [0.25, 0.3) is 5.91 Å². The summed E-state index contributed by atoms with van der Waals surface area (Å²) in [7, 11) is 0. The third-order valence-electron chi connectivity index (χ3n) is 6.31. The first kappa shape index (κ1) is 25.1. The van der Waals surface area contributed by atoms with Gasteiger partial charge in [0.15, 0.2) is 5.60 Å². The van der Waals surface area contributed by atoms with E-state index >= 15 is 0 Å². The number of hydrogen-bond acceptors (Lipinski definition) is 6. The molecule has 0 saturated heterocycles. The van der Waals surface area contributed by atoms with Crippen molar-refractivity contribution in [3.63, 3.8) is 0 Å². The fourth-order valence-electron chi connectivity index (χ4n) is 4.73. The van der Waals surface area contributed by atoms with Gasteiger partial charge in [-0.25, -0.2) is 10.2 Å². The number of benzene rings is 1. The summed E-state index contributed by atoms with van der Waals surface area (Å²) < 4.78 is 36.4. The van der Waals surface area contributed by atoms with Crippen LogP contribution in [0, 0.1) is 12.8 Å². The zero-order valence-electron chi connectivity index (χ0n) is 19.2. The Balaban J connectivity index is 1.44. The van der Waals surface area contributed by atoms with Gasteiger partial charge in [-0.2, -0.15) is 19.0 Å². The number of hydrogen-bond donors (Lipinski definition) is 3. The molecule has 2 heterocycles. The molecule has 2 aliphatic rings. The van der Waals surface area contributed by atoms with Crippen molar-refractivity contribution in [2.24, 2.45) is 11.0 Å². The van der Waals surface area contributed by atoms with Gasteiger partial charge >= 0.3 is 12.7 Å². The molecule has 1 aromatic carbocycles. The summed E-state index contributed by atoms with van der Waals surface area (Å²) >= 11 is 3.45. The second-order valence-electron chi connectivity index (χ2n) is 8.97. The number of amides is 2. The van der Waals surface area contributed by atoms with E-state index in [-0.39, 0.29) is 17.7 Å². The Labute approximate surface area is 209 Å². The van der Waals surface area contributed by atoms with Crippen molar-refractivity contribution >= 4 is 33.6 Å². The van der Waals surface area contributed by atoms with Crippen LogP contribution in [0.1, 0.15) is 60.8 Å². The predicted octanol–water partition coefficient (Wildman–Crippen LogP) is 4.66. The molecule has 1 spiro atoms. The Kier molecular flexibility index (Phi) is 7.39. The number of aromatic amines is 1. The first-order valence-corrected chi connectivity index (χ1v) is 12.1. The van der Waals surface area contributed by atoms with Crippen LogP contribution in [-0.4, -0.2) is 46.2 Å². The predicted molar refractivity (Wildman–Crippen MR) is 126 cm³/mol. The SMILES string of the molecule is Cc1cc(C(=O)N[C@@H](C)CC2CCC3(CC2)OC(=O)NN=C3c2cc(OC(F)F)ccc2Br)n[nH]1. The van der Waals surface area contributed by atoms with Gasteiger partial charge in [0.05, 0.1) is 0 Å². The molecular weight excluding hydrogens is 528 g/mol. The van der Waals surface area contributed by atoms with Gasteiger partial charge in [-0.3, -0.25) is 9.89 Å². The average molecular weight is 554 g/mol. The molecule has 1 aliphatic carbocycles. The summed E-state index contributed by atoms with van der Waals surface area (Å²) in [5.74, 6) is 0.0496. The highest BCUT2D eigenvalue weighted by atomic mass is 79.9. The van der Waals surface area contributed by atoms with Gasteiger partial charge in [-0.15, -0.1) is 0 Å². The van der Waals surface area contributed by atoms with Crippen LogP contribution in [0.15, 0.2) is 33.8 Å². The first-order valence-electron chi connectivity index (χ1n) is 11.3. The highest BCUT2D eigenvalue weighted by Crippen LogP contribution is 2.42. The Morgan fingerprint density at radius 3 is 2.74 bits per heavy atom. The maximum absolute atomic E-state index is 12.7. The van der Waals surface area contributed by atoms with Crippen LogP contribution in [0.5, 0.6) is 5.75 Å². The number of carbonyl (C=O) groups is 2. The minimum Gasteiger partial charge on any atom is -0.435 e. The van der Waals surface area contributed by atoms with Crippen LogP contribution in [0.3, 0.4) is 0 Å². The van der Waals surface area contributed by atoms with E-state index < -0.39 is 18.3 Å². The molecule has 1 saturated carbocycles. The van der Waals surface area contributed by atoms with Gasteiger partial charge < -0.3 is 14.8 Å². The van der Waals surface area contributed by atoms with E-state index in [9.17, 15) is 18.4 Å². The number of alkyl halides is 2. The van der Waals surface area contributed by atoms with Crippen molar-refractivity contribution in [1.29, 1.82) is 0 Å². The summed E-state index contributed by atoms with van der Waals surface area (Å²) in [6.45, 7) is 0.819. The van der Waals surface area contributed by atoms with E-state index in [1.165, 1.54) is 12.1 Å². The number of aryl methyl sites for hydroxylation is 1. The van der Waals surface area contributed by atoms with Gasteiger partial charge in [0.2, 0.25) is 0 Å². The lowest BCUT2D eigenvalue weighted by atomic mass is 9.73. The largest absolute Gasteiger partial charge is 0.435 e. The molecule has 188 valence electrons. The fourth-order valence-corrected chi connectivity index (χ4v) is 5.16. The third-order valence-corrected chi connectivity index (χ3v) is 7.00. The molecule has 1 aromatic heterocycles. The Bertz CT molecular complexity index is 1130. The lowest BCUT2D eigenvalue weighted by molar-refractivity contribution is -0.0498. The van der Waals surface area contributed by atoms with Gasteiger partial charge in [-0.1, -0.05) is 15.9 Å². The van der Waals surface area contributed by atoms with Crippen LogP contribution in [-0.2, 0) is 4.74 Å². The summed E-state index contributed by atoms with van der Waals surface area (Å²) in [5, 5.41) is 14.0. The summed E-state index contributed by atoms with van der Waals surface area (Å²) in [5.41, 5.74) is 3.48. The number of rotatable bonds is 7. The normalized spacial score (nSPS) is 22.9. The molecule has 0 bridgehead atoms. The number of aromatic nitrogens is 2. The maximum atomic E-state index is 12.7. The highest BCUT2D eigenvalue weighted by Gasteiger charge is 2.47. The second-order valence-corrected chi connectivity index (χ2v) is 9.82. The highest BCUT2D eigenvalue weighted by molar-refractivity contribution is 9.10. The number of nitrogens with one attached hydrogen (secondary N) is 3. The molecule has 0 unspecified atom stereocenters. The van der Waals surface area contributed by atoms with Crippen LogP contribution in [0.2, 0.25) is 0 Å². The monoisotopic (exact) mass is 553 g/mol. The van der Waals surface area contributed by atoms with E-state index in [4.69, 9.17) is 4.74 Å². The first-order chi connectivity index (χ1) is 16.6. The molecule has 2 aromatic rings. The number of H-pyrrole nitrogens is 1. The Morgan fingerprint density at radius 1 is 1.34 bits per heavy atom. The topological polar surface area (TPSA) is 118 Å². The van der Waals surface area contributed by atoms with Crippen LogP contribution >= 0.6 is 15.9 Å². The number of carbonyl (C=O) groups excluding carboxylic acids is 2. The van der Waals surface area contributed by atoms with Gasteiger partial charge in [-0.05, 0) is 76.1 Å². The number of nitrogens with zero attached hydrogens (tertiary/aromatic N) is 2. The summed E-state index contributed by atoms with van der Waals surface area (Å²) in [6.07, 6.45) is 2.59. The fraction of sp³-hybridized carbons (Fsp3) is 0.478. The minimum atomic E-state index is -2.96. The third kappa shape index (κ3) is 5.80. The molecule has 35 heavy (non-hydrogen) atoms. The van der Waals surface area contributed by atoms with Crippen molar-refractivity contribution in [3.05, 3.63) is 45.7 Å². The standard InChI is InChI=1S/C23H26BrF2N5O4/c1-12(27-20(32)18-10-13(2)28-29-18)9-14-5-7-23(8-6-14)19(30-31-22(33)35-23)16-11-15(34-21(25)26)3-4-17(16)24/h3-4,10-12,14,21H,5-9H2,1-2H3,(H,27,32)(H,28,29)(H,31,33)/t12-,14?,23?/m0/s1. The molecule has 2 amide bonds. The van der Waals surface area contributed by atoms with E-state index in [0.717, 1.165) is 25.0 Å². The van der Waals surface area contributed by atoms with Crippen molar-refractivity contribution in [2.75, 3.05) is 0 Å². The maximum Gasteiger partial charge on any atom is 0.428 e. The van der Waals surface area contributed by atoms with E-state index in [1.807, 2.05) is 13.8 Å². The Morgan fingerprint density at radius 2 is 2.09 bits per heavy atom. The van der Waals surface area contributed by atoms with Crippen molar-refractivity contribution in [2.45, 2.75) is 64.2 Å². The summed E-state index contributed by atoms with van der Waals surface area (Å²) in [4.78, 5) is 24.5. The van der Waals surface area contributed by atoms with Crippen molar-refractivity contribution in [1.82, 2.24) is 20.9 Å². The molecule has 3 N–H and O–H groups in total. The van der Waals surface area contributed by atoms with E-state index in [1.54, 1.807) is 12.1 Å². The minimum absolute atomic E-state index is 0.0155. The van der Waals surface area contributed by atoms with Crippen LogP contribution in [0.4, 0.5) is 13.6 Å². The molecule has 1 fully saturated rings. The van der Waals surface area contributed by atoms with Gasteiger partial charge in [0.1, 0.15) is 17.2 Å². The zero-order chi connectivity index (χ0) is 25.2. The van der Waals surface area contributed by atoms with Gasteiger partial charge in [0, 0.05) is 21.8 Å². The molecule has 4 rings (SSSR count). The number of hydrazone groups is 1. The number of ether oxygens (including phenoxy) is 2. The number of halogens is 3. The van der Waals surface area contributed by atoms with Crippen molar-refractivity contribution in [3.8, 4) is 5.75 Å². The van der Waals surface area contributed by atoms with Crippen molar-refractivity contribution < 1.29 is 27.8 Å². The average Bonchev–Trinajstić information content (AvgIpc) is 3.23. The quantitative estimate of drug-likeness (QED) is 0.460. The Hall–Kier alpha value is -3.02. The lowest BCUT2D eigenvalue weighted by Crippen LogP contribution is -2.52. The smallest absolute Gasteiger partial charge is 0.428 e. The van der Waals surface area contributed by atoms with Crippen LogP contribution in [0.25, 0.3) is 0 Å². The van der Waals surface area contributed by atoms with Crippen LogP contribution < -0.4 is 15.5 Å². The second kappa shape index (κ2) is 10.3. The molecule has 1 aliphatic heterocycles. The lowest BCUT2D eigenvalue weighted by Gasteiger charge is -2.42. The molecule has 0 radical (unpaired) electrons. The molecule has 1 atom stereocenters. The summed E-state index contributed by atoms with van der Waals surface area (Å²) in [6, 6.07) is 6.10. The molecule has 12 heteroatoms. The zero-order valence-corrected chi connectivity index (χ0v) is 20.8. The van der Waals surface area contributed by atoms with E-state index in [0.29, 0.717) is 40.2 Å². The molecule has 9 nitrogen and oxygen atoms in total.